The van der Waals surface area contributed by atoms with E-state index in [1.54, 1.807) is 0 Å². The van der Waals surface area contributed by atoms with Crippen LogP contribution in [0, 0.1) is 34.5 Å². The molecule has 2 heteroatoms. The van der Waals surface area contributed by atoms with Gasteiger partial charge in [0.2, 0.25) is 0 Å². The van der Waals surface area contributed by atoms with Gasteiger partial charge in [-0.2, -0.15) is 0 Å². The summed E-state index contributed by atoms with van der Waals surface area (Å²) in [6.45, 7) is 4.98. The molecular formula is C19H33NO. The molecular weight excluding hydrogens is 258 g/mol. The lowest BCUT2D eigenvalue weighted by Crippen LogP contribution is -2.55. The highest BCUT2D eigenvalue weighted by Gasteiger charge is 2.59. The highest BCUT2D eigenvalue weighted by Crippen LogP contribution is 2.66. The topological polar surface area (TPSA) is 46.2 Å². The molecule has 4 rings (SSSR count). The van der Waals surface area contributed by atoms with Gasteiger partial charge in [0.15, 0.2) is 0 Å². The highest BCUT2D eigenvalue weighted by atomic mass is 16.3. The molecule has 0 spiro atoms. The monoisotopic (exact) mass is 291 g/mol. The quantitative estimate of drug-likeness (QED) is 0.714. The predicted molar refractivity (Wildman–Crippen MR) is 85.7 cm³/mol. The molecule has 0 aromatic heterocycles. The zero-order valence-corrected chi connectivity index (χ0v) is 13.9. The molecule has 0 aromatic carbocycles. The molecule has 0 amide bonds. The molecule has 4 aliphatic rings. The van der Waals surface area contributed by atoms with Gasteiger partial charge in [-0.15, -0.1) is 0 Å². The first-order valence-corrected chi connectivity index (χ1v) is 9.39. The predicted octanol–water partition coefficient (Wildman–Crippen LogP) is 3.72. The molecule has 4 fully saturated rings. The Hall–Kier alpha value is -0.0800. The van der Waals surface area contributed by atoms with Crippen LogP contribution < -0.4 is 5.73 Å². The third-order valence-electron chi connectivity index (χ3n) is 8.66. The van der Waals surface area contributed by atoms with Crippen molar-refractivity contribution in [3.63, 3.8) is 0 Å². The van der Waals surface area contributed by atoms with E-state index in [9.17, 15) is 5.11 Å². The summed E-state index contributed by atoms with van der Waals surface area (Å²) < 4.78 is 0. The van der Waals surface area contributed by atoms with E-state index in [4.69, 9.17) is 5.73 Å². The summed E-state index contributed by atoms with van der Waals surface area (Å²) in [7, 11) is 0. The molecule has 120 valence electrons. The molecule has 8 atom stereocenters. The number of hydrogen-bond donors (Lipinski definition) is 2. The molecule has 0 heterocycles. The molecule has 0 bridgehead atoms. The lowest BCUT2D eigenvalue weighted by Gasteiger charge is -2.60. The van der Waals surface area contributed by atoms with E-state index in [0.29, 0.717) is 11.5 Å². The van der Waals surface area contributed by atoms with Crippen LogP contribution in [0.5, 0.6) is 0 Å². The van der Waals surface area contributed by atoms with Crippen LogP contribution in [0.4, 0.5) is 0 Å². The van der Waals surface area contributed by atoms with Crippen LogP contribution >= 0.6 is 0 Å². The van der Waals surface area contributed by atoms with Gasteiger partial charge in [0.05, 0.1) is 6.10 Å². The summed E-state index contributed by atoms with van der Waals surface area (Å²) in [5, 5.41) is 10.5. The van der Waals surface area contributed by atoms with Crippen molar-refractivity contribution < 1.29 is 5.11 Å². The van der Waals surface area contributed by atoms with Gasteiger partial charge in [-0.3, -0.25) is 0 Å². The Morgan fingerprint density at radius 1 is 0.857 bits per heavy atom. The number of hydrogen-bond acceptors (Lipinski definition) is 2. The number of rotatable bonds is 0. The Balaban J connectivity index is 1.62. The van der Waals surface area contributed by atoms with Gasteiger partial charge in [-0.1, -0.05) is 13.8 Å². The third-order valence-corrected chi connectivity index (χ3v) is 8.66. The van der Waals surface area contributed by atoms with E-state index >= 15 is 0 Å². The molecule has 0 radical (unpaired) electrons. The van der Waals surface area contributed by atoms with E-state index in [1.165, 1.54) is 51.4 Å². The normalized spacial score (nSPS) is 60.0. The fourth-order valence-corrected chi connectivity index (χ4v) is 7.26. The van der Waals surface area contributed by atoms with Crippen LogP contribution in [0.1, 0.15) is 71.6 Å². The van der Waals surface area contributed by atoms with Gasteiger partial charge >= 0.3 is 0 Å². The van der Waals surface area contributed by atoms with Crippen LogP contribution in [0.25, 0.3) is 0 Å². The van der Waals surface area contributed by atoms with Crippen LogP contribution in [-0.2, 0) is 0 Å². The second kappa shape index (κ2) is 4.71. The number of aliphatic hydroxyl groups excluding tert-OH is 1. The summed E-state index contributed by atoms with van der Waals surface area (Å²) in [4.78, 5) is 0. The van der Waals surface area contributed by atoms with Crippen molar-refractivity contribution in [3.05, 3.63) is 0 Å². The fourth-order valence-electron chi connectivity index (χ4n) is 7.26. The maximum Gasteiger partial charge on any atom is 0.0596 e. The number of nitrogens with two attached hydrogens (primary N) is 1. The third kappa shape index (κ3) is 1.91. The minimum absolute atomic E-state index is 0.0336. The lowest BCUT2D eigenvalue weighted by molar-refractivity contribution is -0.122. The van der Waals surface area contributed by atoms with Crippen LogP contribution in [0.2, 0.25) is 0 Å². The van der Waals surface area contributed by atoms with E-state index in [1.807, 2.05) is 0 Å². The summed E-state index contributed by atoms with van der Waals surface area (Å²) >= 11 is 0. The minimum atomic E-state index is -0.0336. The summed E-state index contributed by atoms with van der Waals surface area (Å²) in [6, 6.07) is 0.460. The van der Waals surface area contributed by atoms with Gasteiger partial charge in [-0.05, 0) is 92.3 Å². The number of aliphatic hydroxyl groups is 1. The Kier molecular flexibility index (Phi) is 3.25. The summed E-state index contributed by atoms with van der Waals surface area (Å²) in [5.74, 6) is 3.46. The Labute approximate surface area is 129 Å². The smallest absolute Gasteiger partial charge is 0.0596 e. The first-order valence-electron chi connectivity index (χ1n) is 9.39. The zero-order valence-electron chi connectivity index (χ0n) is 13.9. The van der Waals surface area contributed by atoms with Crippen molar-refractivity contribution in [3.8, 4) is 0 Å². The molecule has 0 unspecified atom stereocenters. The van der Waals surface area contributed by atoms with Crippen molar-refractivity contribution in [1.82, 2.24) is 0 Å². The average Bonchev–Trinajstić information content (AvgIpc) is 2.76. The van der Waals surface area contributed by atoms with E-state index in [0.717, 1.165) is 30.1 Å². The first kappa shape index (κ1) is 14.5. The van der Waals surface area contributed by atoms with Crippen molar-refractivity contribution >= 4 is 0 Å². The van der Waals surface area contributed by atoms with E-state index in [2.05, 4.69) is 13.8 Å². The molecule has 0 aromatic rings. The zero-order chi connectivity index (χ0) is 14.8. The molecule has 0 saturated heterocycles. The molecule has 3 N–H and O–H groups in total. The lowest BCUT2D eigenvalue weighted by atomic mass is 9.45. The fraction of sp³-hybridized carbons (Fsp3) is 1.00. The Morgan fingerprint density at radius 3 is 2.38 bits per heavy atom. The van der Waals surface area contributed by atoms with Crippen molar-refractivity contribution in [2.75, 3.05) is 0 Å². The van der Waals surface area contributed by atoms with Gasteiger partial charge in [0.1, 0.15) is 0 Å². The SMILES string of the molecule is C[C@]12CC[C@@H](N)C[C@@H]1CC[C@@H]1[C@H]2CC[C@]2(C)[C@H](O)CC[C@H]12. The molecule has 21 heavy (non-hydrogen) atoms. The Bertz CT molecular complexity index is 424. The number of fused-ring (bicyclic) bond motifs is 5. The molecule has 4 aliphatic carbocycles. The standard InChI is InChI=1S/C19H33NO/c1-18-9-7-13(20)11-12(18)3-4-14-15-5-6-17(21)19(15,2)10-8-16(14)18/h12-17,21H,3-11,20H2,1-2H3/t12-,13+,14-,15+,16+,17+,18-,19-/m0/s1. The minimum Gasteiger partial charge on any atom is -0.393 e. The second-order valence-corrected chi connectivity index (χ2v) is 9.33. The van der Waals surface area contributed by atoms with Gasteiger partial charge < -0.3 is 10.8 Å². The molecule has 0 aliphatic heterocycles. The van der Waals surface area contributed by atoms with E-state index < -0.39 is 0 Å². The maximum atomic E-state index is 10.5. The maximum absolute atomic E-state index is 10.5. The molecule has 2 nitrogen and oxygen atoms in total. The van der Waals surface area contributed by atoms with Crippen LogP contribution in [-0.4, -0.2) is 17.3 Å². The van der Waals surface area contributed by atoms with Crippen LogP contribution in [0.3, 0.4) is 0 Å². The van der Waals surface area contributed by atoms with E-state index in [-0.39, 0.29) is 11.5 Å². The largest absolute Gasteiger partial charge is 0.393 e. The Morgan fingerprint density at radius 2 is 1.57 bits per heavy atom. The average molecular weight is 291 g/mol. The van der Waals surface area contributed by atoms with Crippen molar-refractivity contribution in [2.24, 2.45) is 40.2 Å². The van der Waals surface area contributed by atoms with Gasteiger partial charge in [0.25, 0.3) is 0 Å². The van der Waals surface area contributed by atoms with Gasteiger partial charge in [0, 0.05) is 6.04 Å². The highest BCUT2D eigenvalue weighted by molar-refractivity contribution is 5.09. The van der Waals surface area contributed by atoms with Crippen molar-refractivity contribution in [2.45, 2.75) is 83.8 Å². The second-order valence-electron chi connectivity index (χ2n) is 9.33. The summed E-state index contributed by atoms with van der Waals surface area (Å²) in [5.41, 5.74) is 7.04. The first-order chi connectivity index (χ1) is 9.95. The molecule has 4 saturated carbocycles. The van der Waals surface area contributed by atoms with Crippen molar-refractivity contribution in [1.29, 1.82) is 0 Å². The van der Waals surface area contributed by atoms with Gasteiger partial charge in [-0.25, -0.2) is 0 Å². The summed E-state index contributed by atoms with van der Waals surface area (Å²) in [6.07, 6.45) is 11.6. The van der Waals surface area contributed by atoms with Crippen LogP contribution in [0.15, 0.2) is 0 Å².